The van der Waals surface area contributed by atoms with Crippen LogP contribution in [-0.2, 0) is 0 Å². The summed E-state index contributed by atoms with van der Waals surface area (Å²) in [6.45, 7) is 0. The van der Waals surface area contributed by atoms with Gasteiger partial charge in [-0.3, -0.25) is 0 Å². The SMILES string of the molecule is Brc1ccc(-c2cccc(Br)c2Br)cc1Br. The van der Waals surface area contributed by atoms with Gasteiger partial charge in [-0.25, -0.2) is 0 Å². The lowest BCUT2D eigenvalue weighted by molar-refractivity contribution is 1.52. The Kier molecular flexibility index (Phi) is 4.27. The predicted octanol–water partition coefficient (Wildman–Crippen LogP) is 6.40. The molecule has 0 bridgehead atoms. The molecule has 0 nitrogen and oxygen atoms in total. The van der Waals surface area contributed by atoms with E-state index in [1.165, 1.54) is 11.1 Å². The Hall–Kier alpha value is 0.360. The second-order valence-corrected chi connectivity index (χ2v) is 6.59. The number of halogens is 4. The summed E-state index contributed by atoms with van der Waals surface area (Å²) >= 11 is 14.1. The highest BCUT2D eigenvalue weighted by Crippen LogP contribution is 2.36. The Bertz CT molecular complexity index is 535. The lowest BCUT2D eigenvalue weighted by Gasteiger charge is -2.07. The van der Waals surface area contributed by atoms with Crippen molar-refractivity contribution in [2.45, 2.75) is 0 Å². The maximum Gasteiger partial charge on any atom is 0.0395 e. The number of benzene rings is 2. The van der Waals surface area contributed by atoms with Gasteiger partial charge in [-0.2, -0.15) is 0 Å². The molecule has 0 unspecified atom stereocenters. The van der Waals surface area contributed by atoms with Gasteiger partial charge in [0.1, 0.15) is 0 Å². The van der Waals surface area contributed by atoms with Gasteiger partial charge in [-0.05, 0) is 93.0 Å². The van der Waals surface area contributed by atoms with E-state index < -0.39 is 0 Å². The van der Waals surface area contributed by atoms with Crippen LogP contribution in [0.25, 0.3) is 11.1 Å². The Balaban J connectivity index is 2.59. The molecule has 2 rings (SSSR count). The van der Waals surface area contributed by atoms with E-state index in [2.05, 4.69) is 81.9 Å². The van der Waals surface area contributed by atoms with Crippen molar-refractivity contribution >= 4 is 63.7 Å². The summed E-state index contributed by atoms with van der Waals surface area (Å²) in [5, 5.41) is 0. The first-order valence-corrected chi connectivity index (χ1v) is 7.66. The molecular formula is C12H6Br4. The van der Waals surface area contributed by atoms with Crippen molar-refractivity contribution in [1.29, 1.82) is 0 Å². The monoisotopic (exact) mass is 466 g/mol. The van der Waals surface area contributed by atoms with Crippen molar-refractivity contribution in [2.24, 2.45) is 0 Å². The standard InChI is InChI=1S/C12H6Br4/c13-9-5-4-7(6-11(9)15)8-2-1-3-10(14)12(8)16/h1-6H. The molecular weight excluding hydrogens is 464 g/mol. The van der Waals surface area contributed by atoms with E-state index >= 15 is 0 Å². The van der Waals surface area contributed by atoms with E-state index in [0.717, 1.165) is 17.9 Å². The van der Waals surface area contributed by atoms with Crippen LogP contribution in [0.5, 0.6) is 0 Å². The molecule has 0 saturated heterocycles. The van der Waals surface area contributed by atoms with Gasteiger partial charge >= 0.3 is 0 Å². The first-order valence-electron chi connectivity index (χ1n) is 4.49. The van der Waals surface area contributed by atoms with Crippen LogP contribution >= 0.6 is 63.7 Å². The molecule has 0 aromatic heterocycles. The normalized spacial score (nSPS) is 10.5. The zero-order valence-corrected chi connectivity index (χ0v) is 14.3. The largest absolute Gasteiger partial charge is 0.0604 e. The molecule has 0 aliphatic heterocycles. The van der Waals surface area contributed by atoms with Crippen LogP contribution in [0.15, 0.2) is 54.3 Å². The van der Waals surface area contributed by atoms with Crippen molar-refractivity contribution in [3.8, 4) is 11.1 Å². The van der Waals surface area contributed by atoms with Gasteiger partial charge in [0.15, 0.2) is 0 Å². The summed E-state index contributed by atoms with van der Waals surface area (Å²) in [5.41, 5.74) is 2.34. The minimum absolute atomic E-state index is 1.05. The minimum Gasteiger partial charge on any atom is -0.0604 e. The van der Waals surface area contributed by atoms with Gasteiger partial charge < -0.3 is 0 Å². The van der Waals surface area contributed by atoms with Gasteiger partial charge in [0.05, 0.1) is 0 Å². The third kappa shape index (κ3) is 2.61. The van der Waals surface area contributed by atoms with Crippen molar-refractivity contribution in [3.63, 3.8) is 0 Å². The molecule has 0 radical (unpaired) electrons. The fraction of sp³-hybridized carbons (Fsp3) is 0. The molecule has 82 valence electrons. The molecule has 0 heterocycles. The van der Waals surface area contributed by atoms with Crippen molar-refractivity contribution < 1.29 is 0 Å². The Labute approximate surface area is 128 Å². The van der Waals surface area contributed by atoms with Gasteiger partial charge in [-0.1, -0.05) is 18.2 Å². The Morgan fingerprint density at radius 1 is 0.688 bits per heavy atom. The average molecular weight is 470 g/mol. The number of hydrogen-bond donors (Lipinski definition) is 0. The summed E-state index contributed by atoms with van der Waals surface area (Å²) in [7, 11) is 0. The topological polar surface area (TPSA) is 0 Å². The van der Waals surface area contributed by atoms with Crippen LogP contribution in [0.4, 0.5) is 0 Å². The molecule has 4 heteroatoms. The molecule has 0 N–H and O–H groups in total. The molecule has 0 atom stereocenters. The minimum atomic E-state index is 1.05. The second-order valence-electron chi connectivity index (χ2n) is 3.23. The predicted molar refractivity (Wildman–Crippen MR) is 82.7 cm³/mol. The van der Waals surface area contributed by atoms with Crippen molar-refractivity contribution in [2.75, 3.05) is 0 Å². The van der Waals surface area contributed by atoms with Crippen LogP contribution in [0.1, 0.15) is 0 Å². The van der Waals surface area contributed by atoms with Gasteiger partial charge in [0.25, 0.3) is 0 Å². The van der Waals surface area contributed by atoms with E-state index in [4.69, 9.17) is 0 Å². The zero-order chi connectivity index (χ0) is 11.7. The lowest BCUT2D eigenvalue weighted by atomic mass is 10.1. The van der Waals surface area contributed by atoms with Crippen LogP contribution in [0.3, 0.4) is 0 Å². The quantitative estimate of drug-likeness (QED) is 0.453. The number of rotatable bonds is 1. The lowest BCUT2D eigenvalue weighted by Crippen LogP contribution is -1.81. The molecule has 16 heavy (non-hydrogen) atoms. The Morgan fingerprint density at radius 2 is 1.44 bits per heavy atom. The van der Waals surface area contributed by atoms with Crippen LogP contribution in [0.2, 0.25) is 0 Å². The third-order valence-electron chi connectivity index (χ3n) is 2.18. The average Bonchev–Trinajstić information content (AvgIpc) is 2.26. The first-order chi connectivity index (χ1) is 7.59. The highest BCUT2D eigenvalue weighted by atomic mass is 79.9. The molecule has 0 aliphatic rings. The maximum absolute atomic E-state index is 3.59. The van der Waals surface area contributed by atoms with Gasteiger partial charge in [0, 0.05) is 17.9 Å². The molecule has 0 spiro atoms. The van der Waals surface area contributed by atoms with E-state index in [9.17, 15) is 0 Å². The molecule has 0 fully saturated rings. The maximum atomic E-state index is 3.59. The summed E-state index contributed by atoms with van der Waals surface area (Å²) in [4.78, 5) is 0. The van der Waals surface area contributed by atoms with E-state index in [-0.39, 0.29) is 0 Å². The number of hydrogen-bond acceptors (Lipinski definition) is 0. The fourth-order valence-corrected chi connectivity index (χ4v) is 2.88. The van der Waals surface area contributed by atoms with Crippen molar-refractivity contribution in [1.82, 2.24) is 0 Å². The Morgan fingerprint density at radius 3 is 2.12 bits per heavy atom. The van der Waals surface area contributed by atoms with Crippen LogP contribution in [-0.4, -0.2) is 0 Å². The highest BCUT2D eigenvalue weighted by molar-refractivity contribution is 9.13. The van der Waals surface area contributed by atoms with Crippen LogP contribution < -0.4 is 0 Å². The van der Waals surface area contributed by atoms with E-state index in [0.29, 0.717) is 0 Å². The second kappa shape index (κ2) is 5.34. The van der Waals surface area contributed by atoms with Crippen molar-refractivity contribution in [3.05, 3.63) is 54.3 Å². The van der Waals surface area contributed by atoms with E-state index in [1.54, 1.807) is 0 Å². The van der Waals surface area contributed by atoms with E-state index in [1.807, 2.05) is 18.2 Å². The van der Waals surface area contributed by atoms with Gasteiger partial charge in [-0.15, -0.1) is 0 Å². The summed E-state index contributed by atoms with van der Waals surface area (Å²) in [6, 6.07) is 12.3. The molecule has 0 saturated carbocycles. The smallest absolute Gasteiger partial charge is 0.0395 e. The zero-order valence-electron chi connectivity index (χ0n) is 7.98. The first kappa shape index (κ1) is 12.8. The molecule has 0 aliphatic carbocycles. The molecule has 2 aromatic carbocycles. The fourth-order valence-electron chi connectivity index (χ4n) is 1.39. The highest BCUT2D eigenvalue weighted by Gasteiger charge is 2.07. The molecule has 0 amide bonds. The summed E-state index contributed by atoms with van der Waals surface area (Å²) < 4.78 is 4.24. The summed E-state index contributed by atoms with van der Waals surface area (Å²) in [6.07, 6.45) is 0. The molecule has 2 aromatic rings. The van der Waals surface area contributed by atoms with Gasteiger partial charge in [0.2, 0.25) is 0 Å². The summed E-state index contributed by atoms with van der Waals surface area (Å²) in [5.74, 6) is 0. The van der Waals surface area contributed by atoms with Crippen LogP contribution in [0, 0.1) is 0 Å². The third-order valence-corrected chi connectivity index (χ3v) is 6.11.